The van der Waals surface area contributed by atoms with Crippen LogP contribution in [0.4, 0.5) is 5.69 Å². The van der Waals surface area contributed by atoms with Crippen molar-refractivity contribution in [2.45, 2.75) is 52.5 Å². The van der Waals surface area contributed by atoms with Gasteiger partial charge in [0, 0.05) is 24.3 Å². The molecule has 3 nitrogen and oxygen atoms in total. The lowest BCUT2D eigenvalue weighted by Gasteiger charge is -2.38. The van der Waals surface area contributed by atoms with Crippen LogP contribution in [-0.2, 0) is 0 Å². The van der Waals surface area contributed by atoms with Gasteiger partial charge in [0.15, 0.2) is 0 Å². The maximum atomic E-state index is 12.6. The van der Waals surface area contributed by atoms with Crippen LogP contribution in [-0.4, -0.2) is 23.9 Å². The molecule has 1 aromatic rings. The topological polar surface area (TPSA) is 46.3 Å². The van der Waals surface area contributed by atoms with E-state index in [4.69, 9.17) is 5.73 Å². The van der Waals surface area contributed by atoms with Gasteiger partial charge in [-0.25, -0.2) is 0 Å². The van der Waals surface area contributed by atoms with E-state index in [-0.39, 0.29) is 5.91 Å². The lowest BCUT2D eigenvalue weighted by Crippen LogP contribution is -2.41. The van der Waals surface area contributed by atoms with Crippen LogP contribution in [0.25, 0.3) is 0 Å². The van der Waals surface area contributed by atoms with Gasteiger partial charge in [0.25, 0.3) is 5.91 Å². The van der Waals surface area contributed by atoms with Crippen LogP contribution in [0.3, 0.4) is 0 Å². The molecule has 2 N–H and O–H groups in total. The molecule has 0 unspecified atom stereocenters. The number of anilines is 1. The zero-order valence-corrected chi connectivity index (χ0v) is 13.1. The van der Waals surface area contributed by atoms with Crippen LogP contribution in [0.15, 0.2) is 18.2 Å². The van der Waals surface area contributed by atoms with Crippen molar-refractivity contribution in [1.82, 2.24) is 4.90 Å². The molecule has 1 aliphatic carbocycles. The number of hydrogen-bond acceptors (Lipinski definition) is 2. The van der Waals surface area contributed by atoms with Crippen molar-refractivity contribution in [2.75, 3.05) is 12.8 Å². The molecular weight excluding hydrogens is 248 g/mol. The summed E-state index contributed by atoms with van der Waals surface area (Å²) in [5.41, 5.74) is 8.61. The quantitative estimate of drug-likeness (QED) is 0.837. The fourth-order valence-electron chi connectivity index (χ4n) is 3.00. The van der Waals surface area contributed by atoms with Crippen molar-refractivity contribution in [3.8, 4) is 0 Å². The minimum atomic E-state index is 0.0968. The second-order valence-electron chi connectivity index (χ2n) is 6.89. The predicted octanol–water partition coefficient (Wildman–Crippen LogP) is 3.62. The second kappa shape index (κ2) is 5.47. The van der Waals surface area contributed by atoms with E-state index in [2.05, 4.69) is 13.8 Å². The summed E-state index contributed by atoms with van der Waals surface area (Å²) in [6, 6.07) is 5.91. The number of nitrogens with two attached hydrogens (primary N) is 1. The summed E-state index contributed by atoms with van der Waals surface area (Å²) in [5, 5.41) is 0. The van der Waals surface area contributed by atoms with Gasteiger partial charge in [-0.1, -0.05) is 19.9 Å². The number of nitrogen functional groups attached to an aromatic ring is 1. The molecule has 1 aromatic carbocycles. The summed E-state index contributed by atoms with van der Waals surface area (Å²) in [4.78, 5) is 14.6. The summed E-state index contributed by atoms with van der Waals surface area (Å²) in [6.07, 6.45) is 4.56. The summed E-state index contributed by atoms with van der Waals surface area (Å²) in [5.74, 6) is 0.0968. The van der Waals surface area contributed by atoms with Crippen LogP contribution < -0.4 is 5.73 Å². The maximum Gasteiger partial charge on any atom is 0.254 e. The summed E-state index contributed by atoms with van der Waals surface area (Å²) >= 11 is 0. The molecule has 1 fully saturated rings. The van der Waals surface area contributed by atoms with E-state index in [1.165, 1.54) is 12.8 Å². The molecule has 1 amide bonds. The number of carbonyl (C=O) groups excluding carboxylic acids is 1. The van der Waals surface area contributed by atoms with Crippen LogP contribution in [0.5, 0.6) is 0 Å². The van der Waals surface area contributed by atoms with Crippen LogP contribution in [0.2, 0.25) is 0 Å². The number of hydrogen-bond donors (Lipinski definition) is 1. The number of aryl methyl sites for hydroxylation is 1. The van der Waals surface area contributed by atoms with Gasteiger partial charge in [0.1, 0.15) is 0 Å². The van der Waals surface area contributed by atoms with Crippen molar-refractivity contribution in [1.29, 1.82) is 0 Å². The van der Waals surface area contributed by atoms with Crippen molar-refractivity contribution >= 4 is 11.6 Å². The lowest BCUT2D eigenvalue weighted by molar-refractivity contribution is 0.0634. The highest BCUT2D eigenvalue weighted by Crippen LogP contribution is 2.37. The molecule has 20 heavy (non-hydrogen) atoms. The van der Waals surface area contributed by atoms with Gasteiger partial charge in [-0.05, 0) is 55.7 Å². The monoisotopic (exact) mass is 274 g/mol. The Labute approximate surface area is 122 Å². The molecule has 2 rings (SSSR count). The van der Waals surface area contributed by atoms with Crippen LogP contribution in [0.1, 0.15) is 55.5 Å². The van der Waals surface area contributed by atoms with Crippen molar-refractivity contribution < 1.29 is 4.79 Å². The van der Waals surface area contributed by atoms with Gasteiger partial charge >= 0.3 is 0 Å². The smallest absolute Gasteiger partial charge is 0.254 e. The first-order chi connectivity index (χ1) is 9.30. The van der Waals surface area contributed by atoms with Gasteiger partial charge in [-0.3, -0.25) is 4.79 Å². The van der Waals surface area contributed by atoms with Crippen molar-refractivity contribution in [3.05, 3.63) is 29.3 Å². The number of carbonyl (C=O) groups is 1. The van der Waals surface area contributed by atoms with E-state index < -0.39 is 0 Å². The minimum Gasteiger partial charge on any atom is -0.399 e. The van der Waals surface area contributed by atoms with E-state index in [1.807, 2.05) is 31.0 Å². The standard InChI is InChI=1S/C17H26N2O/c1-12-5-6-13(18)11-15(12)16(20)19(4)14-7-9-17(2,3)10-8-14/h5-6,11,14H,7-10,18H2,1-4H3. The van der Waals surface area contributed by atoms with E-state index in [9.17, 15) is 4.79 Å². The Morgan fingerprint density at radius 3 is 2.50 bits per heavy atom. The SMILES string of the molecule is Cc1ccc(N)cc1C(=O)N(C)C1CCC(C)(C)CC1. The molecule has 1 saturated carbocycles. The third-order valence-electron chi connectivity index (χ3n) is 4.67. The molecule has 0 bridgehead atoms. The summed E-state index contributed by atoms with van der Waals surface area (Å²) in [6.45, 7) is 6.59. The van der Waals surface area contributed by atoms with Gasteiger partial charge < -0.3 is 10.6 Å². The number of amides is 1. The molecule has 3 heteroatoms. The Hall–Kier alpha value is -1.51. The Bertz CT molecular complexity index is 498. The minimum absolute atomic E-state index is 0.0968. The molecule has 0 spiro atoms. The van der Waals surface area contributed by atoms with E-state index in [0.717, 1.165) is 24.0 Å². The third kappa shape index (κ3) is 3.14. The molecular formula is C17H26N2O. The zero-order valence-electron chi connectivity index (χ0n) is 13.1. The second-order valence-corrected chi connectivity index (χ2v) is 6.89. The largest absolute Gasteiger partial charge is 0.399 e. The Balaban J connectivity index is 2.11. The highest BCUT2D eigenvalue weighted by atomic mass is 16.2. The number of nitrogens with zero attached hydrogens (tertiary/aromatic N) is 1. The van der Waals surface area contributed by atoms with Gasteiger partial charge in [-0.15, -0.1) is 0 Å². The van der Waals surface area contributed by atoms with E-state index >= 15 is 0 Å². The molecule has 110 valence electrons. The number of benzene rings is 1. The Morgan fingerprint density at radius 1 is 1.30 bits per heavy atom. The molecule has 1 aliphatic rings. The van der Waals surface area contributed by atoms with Crippen molar-refractivity contribution in [2.24, 2.45) is 5.41 Å². The Morgan fingerprint density at radius 2 is 1.90 bits per heavy atom. The predicted molar refractivity (Wildman–Crippen MR) is 83.7 cm³/mol. The van der Waals surface area contributed by atoms with E-state index in [1.54, 1.807) is 6.07 Å². The first kappa shape index (κ1) is 14.9. The first-order valence-electron chi connectivity index (χ1n) is 7.43. The molecule has 0 saturated heterocycles. The number of rotatable bonds is 2. The van der Waals surface area contributed by atoms with Crippen molar-refractivity contribution in [3.63, 3.8) is 0 Å². The normalized spacial score (nSPS) is 18.8. The summed E-state index contributed by atoms with van der Waals surface area (Å²) in [7, 11) is 1.92. The molecule has 0 aliphatic heterocycles. The third-order valence-corrected chi connectivity index (χ3v) is 4.67. The molecule has 0 aromatic heterocycles. The molecule has 0 atom stereocenters. The highest BCUT2D eigenvalue weighted by Gasteiger charge is 2.31. The fraction of sp³-hybridized carbons (Fsp3) is 0.588. The molecule has 0 heterocycles. The van der Waals surface area contributed by atoms with Crippen LogP contribution in [0, 0.1) is 12.3 Å². The van der Waals surface area contributed by atoms with Gasteiger partial charge in [0.05, 0.1) is 0 Å². The highest BCUT2D eigenvalue weighted by molar-refractivity contribution is 5.96. The molecule has 0 radical (unpaired) electrons. The zero-order chi connectivity index (χ0) is 14.9. The maximum absolute atomic E-state index is 12.6. The average Bonchev–Trinajstić information content (AvgIpc) is 2.40. The van der Waals surface area contributed by atoms with E-state index in [0.29, 0.717) is 17.1 Å². The first-order valence-corrected chi connectivity index (χ1v) is 7.43. The van der Waals surface area contributed by atoms with Crippen LogP contribution >= 0.6 is 0 Å². The van der Waals surface area contributed by atoms with Gasteiger partial charge in [0.2, 0.25) is 0 Å². The van der Waals surface area contributed by atoms with Gasteiger partial charge in [-0.2, -0.15) is 0 Å². The average molecular weight is 274 g/mol. The fourth-order valence-corrected chi connectivity index (χ4v) is 3.00. The lowest BCUT2D eigenvalue weighted by atomic mass is 9.75. The Kier molecular flexibility index (Phi) is 4.07. The summed E-state index contributed by atoms with van der Waals surface area (Å²) < 4.78 is 0.